The average Bonchev–Trinajstić information content (AvgIpc) is 3.85. The Morgan fingerprint density at radius 2 is 1.65 bits per heavy atom. The first kappa shape index (κ1) is 29.8. The van der Waals surface area contributed by atoms with Crippen LogP contribution in [0.1, 0.15) is 39.9 Å². The molecule has 1 aliphatic carbocycles. The van der Waals surface area contributed by atoms with Crippen LogP contribution in [0.3, 0.4) is 0 Å². The summed E-state index contributed by atoms with van der Waals surface area (Å²) in [6.45, 7) is 0.256. The van der Waals surface area contributed by atoms with Gasteiger partial charge in [-0.25, -0.2) is 0 Å². The third-order valence-electron chi connectivity index (χ3n) is 9.39. The van der Waals surface area contributed by atoms with Crippen molar-refractivity contribution < 1.29 is 62.7 Å². The number of fused-ring (bicyclic) bond motifs is 4. The summed E-state index contributed by atoms with van der Waals surface area (Å²) in [6.07, 6.45) is -7.05. The molecule has 14 heteroatoms. The van der Waals surface area contributed by atoms with Crippen molar-refractivity contribution in [2.75, 3.05) is 34.2 Å². The lowest BCUT2D eigenvalue weighted by Gasteiger charge is -2.47. The van der Waals surface area contributed by atoms with Gasteiger partial charge in [0.1, 0.15) is 30.3 Å². The average molecular weight is 658 g/mol. The van der Waals surface area contributed by atoms with Crippen molar-refractivity contribution in [3.63, 3.8) is 0 Å². The van der Waals surface area contributed by atoms with E-state index in [0.717, 1.165) is 10.4 Å². The Kier molecular flexibility index (Phi) is 7.48. The van der Waals surface area contributed by atoms with Crippen LogP contribution in [0.15, 0.2) is 41.8 Å². The zero-order valence-corrected chi connectivity index (χ0v) is 25.6. The van der Waals surface area contributed by atoms with Gasteiger partial charge in [0.25, 0.3) is 0 Å². The van der Waals surface area contributed by atoms with Crippen molar-refractivity contribution in [1.82, 2.24) is 0 Å². The number of rotatable bonds is 6. The molecule has 5 aliphatic rings. The Hall–Kier alpha value is -3.63. The molecule has 10 atom stereocenters. The highest BCUT2D eigenvalue weighted by Crippen LogP contribution is 2.57. The molecule has 0 bridgehead atoms. The fraction of sp³-hybridized carbons (Fsp3) is 0.469. The van der Waals surface area contributed by atoms with E-state index in [2.05, 4.69) is 0 Å². The Labute approximate surface area is 267 Å². The van der Waals surface area contributed by atoms with Crippen LogP contribution < -0.4 is 18.9 Å². The Bertz CT molecular complexity index is 1600. The van der Waals surface area contributed by atoms with Gasteiger partial charge in [-0.2, -0.15) is 0 Å². The number of aliphatic hydroxyl groups excluding tert-OH is 2. The fourth-order valence-corrected chi connectivity index (χ4v) is 7.91. The lowest BCUT2D eigenvalue weighted by Crippen LogP contribution is -2.62. The minimum Gasteiger partial charge on any atom is -0.502 e. The maximum atomic E-state index is 11.3. The van der Waals surface area contributed by atoms with Gasteiger partial charge in [-0.3, -0.25) is 0 Å². The monoisotopic (exact) mass is 657 g/mol. The number of phenolic OH excluding ortho intramolecular Hbond substituents is 1. The number of hydrogen-bond acceptors (Lipinski definition) is 13. The Morgan fingerprint density at radius 3 is 2.35 bits per heavy atom. The molecule has 0 radical (unpaired) electrons. The number of thiophene rings is 1. The molecule has 0 spiro atoms. The summed E-state index contributed by atoms with van der Waals surface area (Å²) in [5.74, 6) is -0.506. The number of ether oxygens (including phenoxy) is 9. The quantitative estimate of drug-likeness (QED) is 0.263. The SMILES string of the molecule is COc1cc(C2c3cc4c(cc3[C@@H](O[C@@H]3OC5COC(c6cccs6)O[C@H]5C(O)C3O)[C@H]3COC(=[OH+])C23)OCO4)cc(OC)c1O. The van der Waals surface area contributed by atoms with E-state index in [1.54, 1.807) is 12.1 Å². The standard InChI is InChI=1S/C32H32O13S/c1-37-19-6-13(7-20(38-2)25(19)33)23-14-8-17-18(42-12-41-17)9-15(14)28(16-10-39-30(36)24(16)23)44-32-27(35)26(34)29-21(43-32)11-40-31(45-29)22-4-3-5-46-22/h3-9,16,21,23-24,26-29,31-35H,10-12H2,1-2H3/p+1/t16-,21?,23?,24?,26?,27?,28+,29+,31?,32-/m0/s1. The summed E-state index contributed by atoms with van der Waals surface area (Å²) in [5.41, 5.74) is 2.11. The molecule has 1 aromatic heterocycles. The highest BCUT2D eigenvalue weighted by molar-refractivity contribution is 7.10. The lowest BCUT2D eigenvalue weighted by atomic mass is 9.66. The maximum Gasteiger partial charge on any atom is 0.487 e. The number of aliphatic hydroxyl groups is 2. The van der Waals surface area contributed by atoms with Crippen molar-refractivity contribution in [2.45, 2.75) is 49.0 Å². The van der Waals surface area contributed by atoms with Crippen LogP contribution in [0.2, 0.25) is 0 Å². The van der Waals surface area contributed by atoms with E-state index >= 15 is 0 Å². The van der Waals surface area contributed by atoms with Gasteiger partial charge in [0.15, 0.2) is 42.2 Å². The van der Waals surface area contributed by atoms with E-state index in [-0.39, 0.29) is 43.2 Å². The molecule has 244 valence electrons. The van der Waals surface area contributed by atoms with Crippen molar-refractivity contribution in [3.8, 4) is 28.7 Å². The van der Waals surface area contributed by atoms with Gasteiger partial charge in [0.05, 0.1) is 37.7 Å². The maximum absolute atomic E-state index is 11.3. The molecule has 3 aromatic rings. The highest BCUT2D eigenvalue weighted by Gasteiger charge is 2.59. The molecule has 3 saturated heterocycles. The van der Waals surface area contributed by atoms with Crippen molar-refractivity contribution in [2.24, 2.45) is 11.8 Å². The molecule has 4 aliphatic heterocycles. The minimum atomic E-state index is -1.46. The summed E-state index contributed by atoms with van der Waals surface area (Å²) in [4.78, 5) is 12.0. The third kappa shape index (κ3) is 4.70. The molecule has 13 nitrogen and oxygen atoms in total. The predicted molar refractivity (Wildman–Crippen MR) is 158 cm³/mol. The van der Waals surface area contributed by atoms with Crippen LogP contribution in [0.25, 0.3) is 0 Å². The smallest absolute Gasteiger partial charge is 0.487 e. The molecular formula is C32H33O13S+. The minimum absolute atomic E-state index is 0.0365. The fourth-order valence-electron chi connectivity index (χ4n) is 7.20. The van der Waals surface area contributed by atoms with E-state index in [1.165, 1.54) is 25.6 Å². The van der Waals surface area contributed by atoms with Gasteiger partial charge < -0.3 is 62.7 Å². The number of aromatic hydroxyl groups is 1. The second kappa shape index (κ2) is 11.6. The lowest BCUT2D eigenvalue weighted by molar-refractivity contribution is -0.368. The van der Waals surface area contributed by atoms with Crippen LogP contribution >= 0.6 is 11.3 Å². The van der Waals surface area contributed by atoms with Crippen molar-refractivity contribution in [1.29, 1.82) is 0 Å². The van der Waals surface area contributed by atoms with Crippen LogP contribution in [-0.2, 0) is 23.7 Å². The van der Waals surface area contributed by atoms with Gasteiger partial charge in [-0.1, -0.05) is 6.07 Å². The molecule has 4 N–H and O–H groups in total. The molecule has 5 heterocycles. The van der Waals surface area contributed by atoms with Crippen LogP contribution in [-0.4, -0.2) is 91.0 Å². The second-order valence-corrected chi connectivity index (χ2v) is 12.8. The number of phenols is 1. The topological polar surface area (TPSA) is 165 Å². The van der Waals surface area contributed by atoms with E-state index in [0.29, 0.717) is 22.6 Å². The third-order valence-corrected chi connectivity index (χ3v) is 10.3. The molecule has 0 saturated carbocycles. The number of carbonyl (C=O) groups excluding carboxylic acids is 1. The normalized spacial score (nSPS) is 34.3. The molecule has 6 unspecified atom stereocenters. The van der Waals surface area contributed by atoms with E-state index in [4.69, 9.17) is 42.6 Å². The Balaban J connectivity index is 1.16. The summed E-state index contributed by atoms with van der Waals surface area (Å²) in [5, 5.41) is 35.0. The molecule has 0 amide bonds. The zero-order valence-electron chi connectivity index (χ0n) is 24.8. The first-order chi connectivity index (χ1) is 22.4. The molecule has 8 rings (SSSR count). The molecular weight excluding hydrogens is 624 g/mol. The van der Waals surface area contributed by atoms with Crippen molar-refractivity contribution in [3.05, 3.63) is 63.3 Å². The zero-order chi connectivity index (χ0) is 31.7. The highest BCUT2D eigenvalue weighted by atomic mass is 32.1. The summed E-state index contributed by atoms with van der Waals surface area (Å²) in [7, 11) is 2.89. The first-order valence-corrected chi connectivity index (χ1v) is 15.8. The van der Waals surface area contributed by atoms with Crippen LogP contribution in [0, 0.1) is 11.8 Å². The first-order valence-electron chi connectivity index (χ1n) is 14.9. The second-order valence-electron chi connectivity index (χ2n) is 11.8. The van der Waals surface area contributed by atoms with E-state index in [1.807, 2.05) is 29.6 Å². The number of hydrogen-bond donors (Lipinski definition) is 3. The van der Waals surface area contributed by atoms with Crippen LogP contribution in [0.5, 0.6) is 28.7 Å². The van der Waals surface area contributed by atoms with Gasteiger partial charge in [-0.05, 0) is 52.4 Å². The summed E-state index contributed by atoms with van der Waals surface area (Å²) < 4.78 is 52.8. The van der Waals surface area contributed by atoms with Gasteiger partial charge in [0, 0.05) is 5.92 Å². The Morgan fingerprint density at radius 1 is 0.913 bits per heavy atom. The number of cyclic esters (lactones) is 1. The number of esters is 1. The van der Waals surface area contributed by atoms with E-state index in [9.17, 15) is 20.1 Å². The summed E-state index contributed by atoms with van der Waals surface area (Å²) in [6, 6.07) is 10.8. The van der Waals surface area contributed by atoms with Gasteiger partial charge in [0.2, 0.25) is 12.5 Å². The summed E-state index contributed by atoms with van der Waals surface area (Å²) >= 11 is 1.47. The van der Waals surface area contributed by atoms with Gasteiger partial charge in [-0.15, -0.1) is 11.3 Å². The van der Waals surface area contributed by atoms with Crippen LogP contribution in [0.4, 0.5) is 0 Å². The largest absolute Gasteiger partial charge is 0.502 e. The number of methoxy groups -OCH3 is 2. The molecule has 46 heavy (non-hydrogen) atoms. The molecule has 2 aromatic carbocycles. The number of benzene rings is 2. The van der Waals surface area contributed by atoms with Gasteiger partial charge >= 0.3 is 5.97 Å². The molecule has 3 fully saturated rings. The van der Waals surface area contributed by atoms with E-state index < -0.39 is 60.9 Å². The van der Waals surface area contributed by atoms with Crippen molar-refractivity contribution >= 4 is 17.3 Å². The predicted octanol–water partition coefficient (Wildman–Crippen LogP) is 2.73.